The number of fused-ring (bicyclic) bond motifs is 1. The van der Waals surface area contributed by atoms with Crippen LogP contribution in [0.1, 0.15) is 97.1 Å². The maximum atomic E-state index is 13.7. The van der Waals surface area contributed by atoms with Gasteiger partial charge < -0.3 is 29.3 Å². The summed E-state index contributed by atoms with van der Waals surface area (Å²) in [4.78, 5) is 59.9. The number of imide groups is 2. The van der Waals surface area contributed by atoms with E-state index in [9.17, 15) is 24.3 Å². The number of hydrogen-bond acceptors (Lipinski definition) is 10. The molecule has 4 fully saturated rings. The molecule has 8 rings (SSSR count). The molecule has 0 aliphatic carbocycles. The van der Waals surface area contributed by atoms with E-state index in [2.05, 4.69) is 70.3 Å². The Morgan fingerprint density at radius 3 is 1.82 bits per heavy atom. The largest absolute Gasteiger partial charge is 0.493 e. The molecule has 0 saturated carbocycles. The van der Waals surface area contributed by atoms with E-state index < -0.39 is 29.9 Å². The fraction of sp³-hybridized carbons (Fsp3) is 0.551. The number of piperidine rings is 4. The van der Waals surface area contributed by atoms with E-state index in [1.54, 1.807) is 6.07 Å². The highest BCUT2D eigenvalue weighted by molar-refractivity contribution is 6.25. The molecular formula is C49H62ClN5O7. The molecule has 5 aliphatic heterocycles. The van der Waals surface area contributed by atoms with Gasteiger partial charge >= 0.3 is 0 Å². The van der Waals surface area contributed by atoms with Crippen LogP contribution in [-0.2, 0) is 15.0 Å². The Balaban J connectivity index is 0.722. The highest BCUT2D eigenvalue weighted by atomic mass is 35.5. The van der Waals surface area contributed by atoms with Gasteiger partial charge in [0.2, 0.25) is 11.8 Å². The molecule has 13 heteroatoms. The van der Waals surface area contributed by atoms with Crippen LogP contribution in [0.3, 0.4) is 0 Å². The number of nitrogens with zero attached hydrogens (tertiary/aromatic N) is 4. The van der Waals surface area contributed by atoms with Crippen LogP contribution in [0.5, 0.6) is 11.5 Å². The maximum Gasteiger partial charge on any atom is 0.264 e. The van der Waals surface area contributed by atoms with E-state index in [1.807, 2.05) is 24.3 Å². The minimum absolute atomic E-state index is 0.108. The number of benzene rings is 3. The van der Waals surface area contributed by atoms with E-state index in [-0.39, 0.29) is 36.7 Å². The van der Waals surface area contributed by atoms with Crippen LogP contribution in [0.25, 0.3) is 0 Å². The van der Waals surface area contributed by atoms with Crippen LogP contribution in [0.4, 0.5) is 5.69 Å². The van der Waals surface area contributed by atoms with Gasteiger partial charge in [0.1, 0.15) is 30.3 Å². The van der Waals surface area contributed by atoms with Gasteiger partial charge in [0.15, 0.2) is 0 Å². The molecule has 0 aromatic heterocycles. The number of amides is 4. The van der Waals surface area contributed by atoms with Crippen molar-refractivity contribution in [2.45, 2.75) is 82.8 Å². The van der Waals surface area contributed by atoms with Gasteiger partial charge in [-0.3, -0.25) is 29.4 Å². The van der Waals surface area contributed by atoms with Crippen LogP contribution < -0.4 is 19.7 Å². The summed E-state index contributed by atoms with van der Waals surface area (Å²) in [5.74, 6) is 1.83. The monoisotopic (exact) mass is 867 g/mol. The van der Waals surface area contributed by atoms with E-state index in [0.29, 0.717) is 28.7 Å². The lowest BCUT2D eigenvalue weighted by Crippen LogP contribution is -2.54. The summed E-state index contributed by atoms with van der Waals surface area (Å²) in [6.07, 6.45) is 6.46. The molecule has 332 valence electrons. The predicted molar refractivity (Wildman–Crippen MR) is 239 cm³/mol. The number of anilines is 1. The van der Waals surface area contributed by atoms with Crippen molar-refractivity contribution in [3.05, 3.63) is 89.0 Å². The maximum absolute atomic E-state index is 13.7. The van der Waals surface area contributed by atoms with Gasteiger partial charge in [-0.05, 0) is 136 Å². The van der Waals surface area contributed by atoms with Crippen molar-refractivity contribution >= 4 is 40.9 Å². The molecule has 4 saturated heterocycles. The van der Waals surface area contributed by atoms with Gasteiger partial charge in [0.05, 0.1) is 29.3 Å². The Kier molecular flexibility index (Phi) is 13.9. The van der Waals surface area contributed by atoms with Crippen LogP contribution in [-0.4, -0.2) is 127 Å². The van der Waals surface area contributed by atoms with Gasteiger partial charge in [0, 0.05) is 38.0 Å². The van der Waals surface area contributed by atoms with Crippen molar-refractivity contribution in [1.82, 2.24) is 20.0 Å². The Morgan fingerprint density at radius 2 is 1.26 bits per heavy atom. The lowest BCUT2D eigenvalue weighted by molar-refractivity contribution is -0.136. The van der Waals surface area contributed by atoms with E-state index in [1.165, 1.54) is 43.4 Å². The van der Waals surface area contributed by atoms with Gasteiger partial charge in [-0.2, -0.15) is 0 Å². The quantitative estimate of drug-likeness (QED) is 0.136. The average molecular weight is 869 g/mol. The molecule has 5 aliphatic rings. The van der Waals surface area contributed by atoms with Crippen molar-refractivity contribution in [1.29, 1.82) is 0 Å². The molecule has 1 unspecified atom stereocenters. The molecule has 2 atom stereocenters. The first-order valence-corrected chi connectivity index (χ1v) is 23.2. The zero-order valence-electron chi connectivity index (χ0n) is 36.2. The first kappa shape index (κ1) is 44.1. The van der Waals surface area contributed by atoms with Crippen LogP contribution >= 0.6 is 11.6 Å². The van der Waals surface area contributed by atoms with Gasteiger partial charge in [-0.1, -0.05) is 44.2 Å². The Hall–Kier alpha value is -4.49. The molecule has 0 spiro atoms. The number of hydrogen-bond donors (Lipinski definition) is 2. The molecule has 4 amide bonds. The lowest BCUT2D eigenvalue weighted by atomic mass is 9.78. The SMILES string of the molecule is CC(C)(c1ccc(OCC2CCN(CC3CCN(CC4CCN(c5cccc6c5C(=O)N(C5CCC(=O)NC5=O)C6=O)CC4)CC3)CC2)cc1)c1ccc(OC[C@H](O)CCl)cc1. The van der Waals surface area contributed by atoms with Crippen molar-refractivity contribution in [3.8, 4) is 11.5 Å². The van der Waals surface area contributed by atoms with Crippen molar-refractivity contribution in [2.24, 2.45) is 17.8 Å². The van der Waals surface area contributed by atoms with E-state index in [0.717, 1.165) is 87.5 Å². The van der Waals surface area contributed by atoms with Crippen LogP contribution in [0.2, 0.25) is 0 Å². The topological polar surface area (TPSA) is 132 Å². The second-order valence-electron chi connectivity index (χ2n) is 18.7. The normalized spacial score (nSPS) is 21.9. The Labute approximate surface area is 370 Å². The minimum atomic E-state index is -0.958. The zero-order valence-corrected chi connectivity index (χ0v) is 37.0. The minimum Gasteiger partial charge on any atom is -0.493 e. The van der Waals surface area contributed by atoms with Gasteiger partial charge in [-0.25, -0.2) is 0 Å². The third-order valence-electron chi connectivity index (χ3n) is 14.1. The van der Waals surface area contributed by atoms with Crippen LogP contribution in [0, 0.1) is 17.8 Å². The standard InChI is InChI=1S/C49H62ClN5O7/c1-49(2,37-8-12-40(13-9-37)62-32-38(56)28-50)36-6-10-39(11-7-36)61-31-35-18-24-53(25-19-35)29-33-16-22-52(23-17-33)30-34-20-26-54(27-21-34)42-5-3-4-41-45(42)48(60)55(47(41)59)43-14-15-44(57)51-46(43)58/h3-13,33-35,38,43,56H,14-32H2,1-2H3,(H,51,57,58)/t38-,43?/m1/s1. The molecule has 12 nitrogen and oxygen atoms in total. The van der Waals surface area contributed by atoms with Gasteiger partial charge in [-0.15, -0.1) is 11.6 Å². The number of ether oxygens (including phenoxy) is 2. The number of likely N-dealkylation sites (tertiary alicyclic amines) is 2. The number of aliphatic hydroxyl groups is 1. The number of rotatable bonds is 15. The van der Waals surface area contributed by atoms with E-state index in [4.69, 9.17) is 21.1 Å². The second-order valence-corrected chi connectivity index (χ2v) is 19.0. The number of alkyl halides is 1. The summed E-state index contributed by atoms with van der Waals surface area (Å²) in [5.41, 5.74) is 3.70. The van der Waals surface area contributed by atoms with Gasteiger partial charge in [0.25, 0.3) is 11.8 Å². The molecule has 5 heterocycles. The smallest absolute Gasteiger partial charge is 0.264 e. The summed E-state index contributed by atoms with van der Waals surface area (Å²) in [5, 5.41) is 12.0. The molecule has 2 N–H and O–H groups in total. The summed E-state index contributed by atoms with van der Waals surface area (Å²) < 4.78 is 12.0. The molecule has 0 bridgehead atoms. The summed E-state index contributed by atoms with van der Waals surface area (Å²) in [7, 11) is 0. The summed E-state index contributed by atoms with van der Waals surface area (Å²) >= 11 is 5.68. The first-order chi connectivity index (χ1) is 30.0. The fourth-order valence-corrected chi connectivity index (χ4v) is 10.2. The first-order valence-electron chi connectivity index (χ1n) is 22.7. The Bertz CT molecular complexity index is 2060. The lowest BCUT2D eigenvalue weighted by Gasteiger charge is -2.40. The van der Waals surface area contributed by atoms with Crippen molar-refractivity contribution in [3.63, 3.8) is 0 Å². The molecule has 3 aromatic rings. The molecule has 3 aromatic carbocycles. The number of aliphatic hydroxyl groups excluding tert-OH is 1. The van der Waals surface area contributed by atoms with Crippen molar-refractivity contribution in [2.75, 3.05) is 76.4 Å². The highest BCUT2D eigenvalue weighted by Crippen LogP contribution is 2.37. The zero-order chi connectivity index (χ0) is 43.4. The number of carbonyl (C=O) groups is 4. The summed E-state index contributed by atoms with van der Waals surface area (Å²) in [6.45, 7) is 13.9. The third kappa shape index (κ3) is 9.99. The molecule has 0 radical (unpaired) electrons. The predicted octanol–water partition coefficient (Wildman–Crippen LogP) is 6.11. The van der Waals surface area contributed by atoms with Crippen molar-refractivity contribution < 1.29 is 33.8 Å². The van der Waals surface area contributed by atoms with E-state index >= 15 is 0 Å². The number of carbonyl (C=O) groups excluding carboxylic acids is 4. The third-order valence-corrected chi connectivity index (χ3v) is 14.5. The molecular weight excluding hydrogens is 806 g/mol. The van der Waals surface area contributed by atoms with Crippen LogP contribution in [0.15, 0.2) is 66.7 Å². The summed E-state index contributed by atoms with van der Waals surface area (Å²) in [6, 6.07) is 21.0. The number of nitrogens with one attached hydrogen (secondary N) is 1. The number of halogens is 1. The Morgan fingerprint density at radius 1 is 0.710 bits per heavy atom. The molecule has 62 heavy (non-hydrogen) atoms. The fourth-order valence-electron chi connectivity index (χ4n) is 10.1. The second kappa shape index (κ2) is 19.5. The average Bonchev–Trinajstić information content (AvgIpc) is 3.54. The highest BCUT2D eigenvalue weighted by Gasteiger charge is 2.46.